The first-order valence-electron chi connectivity index (χ1n) is 13.0. The molecule has 0 aliphatic carbocycles. The van der Waals surface area contributed by atoms with E-state index < -0.39 is 5.54 Å². The van der Waals surface area contributed by atoms with Crippen LogP contribution < -0.4 is 15.5 Å². The van der Waals surface area contributed by atoms with Crippen LogP contribution in [0.15, 0.2) is 54.6 Å². The fraction of sp³-hybridized carbons (Fsp3) is 0.464. The summed E-state index contributed by atoms with van der Waals surface area (Å²) in [5, 5.41) is 5.92. The average Bonchev–Trinajstić information content (AvgIpc) is 3.18. The highest BCUT2D eigenvalue weighted by atomic mass is 16.5. The van der Waals surface area contributed by atoms with Crippen LogP contribution in [0.2, 0.25) is 0 Å². The Morgan fingerprint density at radius 3 is 2.43 bits per heavy atom. The van der Waals surface area contributed by atoms with E-state index in [0.717, 1.165) is 29.8 Å². The standard InChI is InChI=1S/C28H37N5O4/c1-3-22-10-7-8-13-24(22)30-27(36)31-17-14-28(15-18-31)26(35)32(20-25(34)29-16-9-19-37-2)21-33(28)23-11-5-4-6-12-23/h4-8,10-13H,3,9,14-21H2,1-2H3,(H,29,34)(H,30,36). The van der Waals surface area contributed by atoms with Gasteiger partial charge in [-0.2, -0.15) is 0 Å². The van der Waals surface area contributed by atoms with E-state index in [1.54, 1.807) is 16.9 Å². The summed E-state index contributed by atoms with van der Waals surface area (Å²) in [5.74, 6) is -0.235. The van der Waals surface area contributed by atoms with Gasteiger partial charge < -0.3 is 30.1 Å². The van der Waals surface area contributed by atoms with Crippen molar-refractivity contribution in [2.24, 2.45) is 0 Å². The maximum Gasteiger partial charge on any atom is 0.321 e. The molecule has 1 spiro atoms. The first-order chi connectivity index (χ1) is 18.0. The van der Waals surface area contributed by atoms with Crippen LogP contribution in [0.1, 0.15) is 31.7 Å². The SMILES string of the molecule is CCc1ccccc1NC(=O)N1CCC2(CC1)C(=O)N(CC(=O)NCCCOC)CN2c1ccccc1. The van der Waals surface area contributed by atoms with Gasteiger partial charge >= 0.3 is 6.03 Å². The van der Waals surface area contributed by atoms with E-state index >= 15 is 0 Å². The van der Waals surface area contributed by atoms with E-state index in [0.29, 0.717) is 45.8 Å². The molecule has 4 amide bonds. The third-order valence-electron chi connectivity index (χ3n) is 7.28. The van der Waals surface area contributed by atoms with Crippen LogP contribution in [0.4, 0.5) is 16.2 Å². The number of hydrogen-bond donors (Lipinski definition) is 2. The number of piperidine rings is 1. The molecule has 2 saturated heterocycles. The molecule has 0 unspecified atom stereocenters. The Hall–Kier alpha value is -3.59. The van der Waals surface area contributed by atoms with Crippen molar-refractivity contribution in [3.05, 3.63) is 60.2 Å². The minimum absolute atomic E-state index is 0.00883. The molecule has 37 heavy (non-hydrogen) atoms. The van der Waals surface area contributed by atoms with Crippen LogP contribution in [0.3, 0.4) is 0 Å². The normalized spacial score (nSPS) is 16.8. The number of carbonyl (C=O) groups is 3. The van der Waals surface area contributed by atoms with Gasteiger partial charge in [-0.3, -0.25) is 9.59 Å². The Labute approximate surface area is 218 Å². The van der Waals surface area contributed by atoms with Gasteiger partial charge in [-0.25, -0.2) is 4.79 Å². The second-order valence-corrected chi connectivity index (χ2v) is 9.56. The second kappa shape index (κ2) is 12.1. The summed E-state index contributed by atoms with van der Waals surface area (Å²) in [6, 6.07) is 17.5. The zero-order valence-electron chi connectivity index (χ0n) is 21.7. The highest BCUT2D eigenvalue weighted by Gasteiger charge is 2.54. The van der Waals surface area contributed by atoms with Crippen LogP contribution in [0, 0.1) is 0 Å². The summed E-state index contributed by atoms with van der Waals surface area (Å²) in [7, 11) is 1.63. The van der Waals surface area contributed by atoms with E-state index in [-0.39, 0.29) is 24.4 Å². The molecule has 2 aliphatic heterocycles. The van der Waals surface area contributed by atoms with Crippen molar-refractivity contribution in [3.63, 3.8) is 0 Å². The van der Waals surface area contributed by atoms with Gasteiger partial charge in [0.25, 0.3) is 5.91 Å². The first kappa shape index (κ1) is 26.5. The van der Waals surface area contributed by atoms with Gasteiger partial charge in [0.1, 0.15) is 12.1 Å². The van der Waals surface area contributed by atoms with Gasteiger partial charge in [0, 0.05) is 44.7 Å². The topological polar surface area (TPSA) is 94.2 Å². The zero-order chi connectivity index (χ0) is 26.3. The lowest BCUT2D eigenvalue weighted by Gasteiger charge is -2.43. The van der Waals surface area contributed by atoms with Crippen LogP contribution >= 0.6 is 0 Å². The Bertz CT molecular complexity index is 1080. The number of hydrogen-bond acceptors (Lipinski definition) is 5. The number of aryl methyl sites for hydroxylation is 1. The molecular formula is C28H37N5O4. The minimum Gasteiger partial charge on any atom is -0.385 e. The fourth-order valence-corrected chi connectivity index (χ4v) is 5.22. The summed E-state index contributed by atoms with van der Waals surface area (Å²) in [6.45, 7) is 4.39. The minimum atomic E-state index is -0.782. The van der Waals surface area contributed by atoms with Crippen molar-refractivity contribution >= 4 is 29.2 Å². The lowest BCUT2D eigenvalue weighted by atomic mass is 9.85. The third-order valence-corrected chi connectivity index (χ3v) is 7.28. The van der Waals surface area contributed by atoms with Crippen molar-refractivity contribution < 1.29 is 19.1 Å². The lowest BCUT2D eigenvalue weighted by Crippen LogP contribution is -2.58. The number of urea groups is 1. The van der Waals surface area contributed by atoms with Gasteiger partial charge in [0.05, 0.1) is 6.67 Å². The zero-order valence-corrected chi connectivity index (χ0v) is 21.7. The molecule has 4 rings (SSSR count). The van der Waals surface area contributed by atoms with Crippen LogP contribution in [-0.4, -0.2) is 79.7 Å². The number of carbonyl (C=O) groups excluding carboxylic acids is 3. The fourth-order valence-electron chi connectivity index (χ4n) is 5.22. The molecule has 9 nitrogen and oxygen atoms in total. The van der Waals surface area contributed by atoms with Gasteiger partial charge in [-0.1, -0.05) is 43.3 Å². The van der Waals surface area contributed by atoms with Crippen molar-refractivity contribution in [2.75, 3.05) is 56.8 Å². The Morgan fingerprint density at radius 2 is 1.73 bits per heavy atom. The first-order valence-corrected chi connectivity index (χ1v) is 13.0. The molecule has 0 bridgehead atoms. The van der Waals surface area contributed by atoms with E-state index in [9.17, 15) is 14.4 Å². The van der Waals surface area contributed by atoms with Gasteiger partial charge in [-0.05, 0) is 49.4 Å². The number of likely N-dealkylation sites (tertiary alicyclic amines) is 1. The molecule has 2 aromatic carbocycles. The molecule has 0 radical (unpaired) electrons. The quantitative estimate of drug-likeness (QED) is 0.509. The summed E-state index contributed by atoms with van der Waals surface area (Å²) < 4.78 is 5.03. The number of rotatable bonds is 9. The average molecular weight is 508 g/mol. The molecule has 198 valence electrons. The molecular weight excluding hydrogens is 470 g/mol. The maximum atomic E-state index is 13.8. The highest BCUT2D eigenvalue weighted by Crippen LogP contribution is 2.39. The third kappa shape index (κ3) is 5.88. The summed E-state index contributed by atoms with van der Waals surface area (Å²) >= 11 is 0. The lowest BCUT2D eigenvalue weighted by molar-refractivity contribution is -0.137. The van der Waals surface area contributed by atoms with Crippen molar-refractivity contribution in [1.82, 2.24) is 15.1 Å². The monoisotopic (exact) mass is 507 g/mol. The molecule has 2 fully saturated rings. The van der Waals surface area contributed by atoms with Gasteiger partial charge in [-0.15, -0.1) is 0 Å². The Morgan fingerprint density at radius 1 is 1.03 bits per heavy atom. The molecule has 0 atom stereocenters. The number of nitrogens with zero attached hydrogens (tertiary/aromatic N) is 3. The number of para-hydroxylation sites is 2. The number of nitrogens with one attached hydrogen (secondary N) is 2. The molecule has 2 heterocycles. The number of ether oxygens (including phenoxy) is 1. The van der Waals surface area contributed by atoms with E-state index in [1.807, 2.05) is 54.6 Å². The van der Waals surface area contributed by atoms with Crippen LogP contribution in [0.25, 0.3) is 0 Å². The van der Waals surface area contributed by atoms with E-state index in [2.05, 4.69) is 22.5 Å². The van der Waals surface area contributed by atoms with Crippen molar-refractivity contribution in [1.29, 1.82) is 0 Å². The number of amides is 4. The van der Waals surface area contributed by atoms with Gasteiger partial charge in [0.15, 0.2) is 0 Å². The molecule has 2 aliphatic rings. The Balaban J connectivity index is 1.45. The number of benzene rings is 2. The largest absolute Gasteiger partial charge is 0.385 e. The predicted octanol–water partition coefficient (Wildman–Crippen LogP) is 3.07. The second-order valence-electron chi connectivity index (χ2n) is 9.56. The predicted molar refractivity (Wildman–Crippen MR) is 143 cm³/mol. The van der Waals surface area contributed by atoms with Crippen LogP contribution in [0.5, 0.6) is 0 Å². The molecule has 0 aromatic heterocycles. The number of methoxy groups -OCH3 is 1. The Kier molecular flexibility index (Phi) is 8.66. The summed E-state index contributed by atoms with van der Waals surface area (Å²) in [4.78, 5) is 44.9. The van der Waals surface area contributed by atoms with Crippen molar-refractivity contribution in [3.8, 4) is 0 Å². The van der Waals surface area contributed by atoms with E-state index in [1.165, 1.54) is 0 Å². The van der Waals surface area contributed by atoms with Crippen LogP contribution in [-0.2, 0) is 20.7 Å². The van der Waals surface area contributed by atoms with E-state index in [4.69, 9.17) is 4.74 Å². The summed E-state index contributed by atoms with van der Waals surface area (Å²) in [5.41, 5.74) is 2.06. The highest BCUT2D eigenvalue weighted by molar-refractivity contribution is 5.97. The molecule has 2 aromatic rings. The van der Waals surface area contributed by atoms with Gasteiger partial charge in [0.2, 0.25) is 5.91 Å². The van der Waals surface area contributed by atoms with Crippen molar-refractivity contribution in [2.45, 2.75) is 38.1 Å². The molecule has 0 saturated carbocycles. The smallest absolute Gasteiger partial charge is 0.321 e. The maximum absolute atomic E-state index is 13.8. The molecule has 2 N–H and O–H groups in total. The number of anilines is 2. The summed E-state index contributed by atoms with van der Waals surface area (Å²) in [6.07, 6.45) is 2.54. The molecule has 9 heteroatoms.